The normalized spacial score (nSPS) is 11.2. The van der Waals surface area contributed by atoms with E-state index in [0.717, 1.165) is 25.7 Å². The van der Waals surface area contributed by atoms with E-state index in [2.05, 4.69) is 17.0 Å². The molecule has 0 unspecified atom stereocenters. The van der Waals surface area contributed by atoms with Gasteiger partial charge in [-0.2, -0.15) is 0 Å². The Morgan fingerprint density at radius 3 is 2.38 bits per heavy atom. The van der Waals surface area contributed by atoms with Gasteiger partial charge >= 0.3 is 0 Å². The molecule has 1 amide bonds. The first-order valence-electron chi connectivity index (χ1n) is 8.48. The van der Waals surface area contributed by atoms with Crippen molar-refractivity contribution < 1.29 is 17.9 Å². The lowest BCUT2D eigenvalue weighted by molar-refractivity contribution is -0.120. The Bertz CT molecular complexity index is 585. The van der Waals surface area contributed by atoms with Crippen LogP contribution < -0.4 is 14.8 Å². The third-order valence-electron chi connectivity index (χ3n) is 3.44. The minimum absolute atomic E-state index is 0.0797. The van der Waals surface area contributed by atoms with E-state index in [1.165, 1.54) is 12.1 Å². The van der Waals surface area contributed by atoms with E-state index in [4.69, 9.17) is 4.74 Å². The summed E-state index contributed by atoms with van der Waals surface area (Å²) in [5.41, 5.74) is 0. The number of carbonyl (C=O) groups excluding carboxylic acids is 1. The third kappa shape index (κ3) is 7.79. The highest BCUT2D eigenvalue weighted by molar-refractivity contribution is 7.89. The first kappa shape index (κ1) is 20.4. The maximum atomic E-state index is 12.1. The zero-order valence-corrected chi connectivity index (χ0v) is 15.3. The molecule has 0 aliphatic rings. The van der Waals surface area contributed by atoms with E-state index in [9.17, 15) is 13.2 Å². The van der Waals surface area contributed by atoms with Gasteiger partial charge in [-0.15, -0.1) is 0 Å². The molecule has 0 saturated heterocycles. The summed E-state index contributed by atoms with van der Waals surface area (Å²) < 4.78 is 32.0. The fraction of sp³-hybridized carbons (Fsp3) is 0.588. The number of sulfonamides is 1. The SMILES string of the molecule is CCCCCCNC(=O)CCNS(=O)(=O)c1ccc(OCC)cc1. The molecule has 0 saturated carbocycles. The van der Waals surface area contributed by atoms with Crippen LogP contribution in [-0.4, -0.2) is 34.0 Å². The average molecular weight is 356 g/mol. The number of hydrogen-bond donors (Lipinski definition) is 2. The Labute approximate surface area is 145 Å². The molecular weight excluding hydrogens is 328 g/mol. The van der Waals surface area contributed by atoms with Crippen molar-refractivity contribution in [2.75, 3.05) is 19.7 Å². The predicted octanol–water partition coefficient (Wildman–Crippen LogP) is 2.45. The average Bonchev–Trinajstić information content (AvgIpc) is 2.55. The van der Waals surface area contributed by atoms with E-state index in [0.29, 0.717) is 18.9 Å². The molecular formula is C17H28N2O4S. The smallest absolute Gasteiger partial charge is 0.240 e. The van der Waals surface area contributed by atoms with E-state index >= 15 is 0 Å². The summed E-state index contributed by atoms with van der Waals surface area (Å²) in [6.07, 6.45) is 4.50. The van der Waals surface area contributed by atoms with Crippen LogP contribution in [0.4, 0.5) is 0 Å². The van der Waals surface area contributed by atoms with Gasteiger partial charge in [-0.05, 0) is 37.6 Å². The third-order valence-corrected chi connectivity index (χ3v) is 4.92. The molecule has 2 N–H and O–H groups in total. The van der Waals surface area contributed by atoms with Crippen molar-refractivity contribution in [1.82, 2.24) is 10.0 Å². The van der Waals surface area contributed by atoms with E-state index in [1.54, 1.807) is 12.1 Å². The lowest BCUT2D eigenvalue weighted by Crippen LogP contribution is -2.31. The molecule has 0 aliphatic heterocycles. The summed E-state index contributed by atoms with van der Waals surface area (Å²) in [4.78, 5) is 11.8. The van der Waals surface area contributed by atoms with Crippen molar-refractivity contribution in [3.05, 3.63) is 24.3 Å². The topological polar surface area (TPSA) is 84.5 Å². The molecule has 7 heteroatoms. The Morgan fingerprint density at radius 2 is 1.75 bits per heavy atom. The molecule has 136 valence electrons. The molecule has 1 aromatic carbocycles. The van der Waals surface area contributed by atoms with Gasteiger partial charge in [0.1, 0.15) is 5.75 Å². The van der Waals surface area contributed by atoms with Gasteiger partial charge in [0.05, 0.1) is 11.5 Å². The van der Waals surface area contributed by atoms with Crippen molar-refractivity contribution in [3.63, 3.8) is 0 Å². The first-order chi connectivity index (χ1) is 11.5. The van der Waals surface area contributed by atoms with E-state index in [-0.39, 0.29) is 23.8 Å². The molecule has 0 radical (unpaired) electrons. The zero-order chi connectivity index (χ0) is 17.8. The molecule has 0 aromatic heterocycles. The fourth-order valence-corrected chi connectivity index (χ4v) is 3.16. The highest BCUT2D eigenvalue weighted by atomic mass is 32.2. The second kappa shape index (κ2) is 11.0. The van der Waals surface area contributed by atoms with E-state index in [1.807, 2.05) is 6.92 Å². The van der Waals surface area contributed by atoms with Crippen LogP contribution in [0.1, 0.15) is 46.0 Å². The van der Waals surface area contributed by atoms with E-state index < -0.39 is 10.0 Å². The Kier molecular flexibility index (Phi) is 9.41. The van der Waals surface area contributed by atoms with Crippen molar-refractivity contribution in [2.24, 2.45) is 0 Å². The molecule has 0 atom stereocenters. The second-order valence-electron chi connectivity index (χ2n) is 5.46. The monoisotopic (exact) mass is 356 g/mol. The number of amides is 1. The molecule has 1 rings (SSSR count). The van der Waals surface area contributed by atoms with Crippen molar-refractivity contribution in [3.8, 4) is 5.75 Å². The fourth-order valence-electron chi connectivity index (χ4n) is 2.13. The van der Waals surface area contributed by atoms with Crippen LogP contribution in [0, 0.1) is 0 Å². The molecule has 0 aliphatic carbocycles. The summed E-state index contributed by atoms with van der Waals surface area (Å²) in [5, 5.41) is 2.80. The van der Waals surface area contributed by atoms with Gasteiger partial charge in [-0.1, -0.05) is 26.2 Å². The second-order valence-corrected chi connectivity index (χ2v) is 7.23. The lowest BCUT2D eigenvalue weighted by atomic mass is 10.2. The van der Waals surface area contributed by atoms with Gasteiger partial charge in [-0.25, -0.2) is 13.1 Å². The molecule has 24 heavy (non-hydrogen) atoms. The predicted molar refractivity (Wildman–Crippen MR) is 94.6 cm³/mol. The number of rotatable bonds is 12. The Balaban J connectivity index is 2.33. The maximum Gasteiger partial charge on any atom is 0.240 e. The number of carbonyl (C=O) groups is 1. The van der Waals surface area contributed by atoms with Crippen LogP contribution in [0.2, 0.25) is 0 Å². The minimum Gasteiger partial charge on any atom is -0.494 e. The summed E-state index contributed by atoms with van der Waals surface area (Å²) in [6.45, 7) is 5.24. The Morgan fingerprint density at radius 1 is 1.04 bits per heavy atom. The van der Waals surface area contributed by atoms with Crippen molar-refractivity contribution in [2.45, 2.75) is 50.8 Å². The van der Waals surface area contributed by atoms with Crippen LogP contribution >= 0.6 is 0 Å². The largest absolute Gasteiger partial charge is 0.494 e. The van der Waals surface area contributed by atoms with Crippen molar-refractivity contribution in [1.29, 1.82) is 0 Å². The molecule has 0 bridgehead atoms. The van der Waals surface area contributed by atoms with Crippen molar-refractivity contribution >= 4 is 15.9 Å². The van der Waals surface area contributed by atoms with Gasteiger partial charge in [-0.3, -0.25) is 4.79 Å². The molecule has 6 nitrogen and oxygen atoms in total. The minimum atomic E-state index is -3.61. The van der Waals surface area contributed by atoms with Crippen LogP contribution in [0.25, 0.3) is 0 Å². The number of benzene rings is 1. The highest BCUT2D eigenvalue weighted by Crippen LogP contribution is 2.15. The molecule has 0 spiro atoms. The highest BCUT2D eigenvalue weighted by Gasteiger charge is 2.14. The number of ether oxygens (including phenoxy) is 1. The number of hydrogen-bond acceptors (Lipinski definition) is 4. The first-order valence-corrected chi connectivity index (χ1v) is 9.97. The zero-order valence-electron chi connectivity index (χ0n) is 14.5. The summed E-state index contributed by atoms with van der Waals surface area (Å²) in [5.74, 6) is 0.486. The number of nitrogens with one attached hydrogen (secondary N) is 2. The molecule has 0 heterocycles. The van der Waals surface area contributed by atoms with Crippen LogP contribution in [0.3, 0.4) is 0 Å². The molecule has 0 fully saturated rings. The summed E-state index contributed by atoms with van der Waals surface area (Å²) in [7, 11) is -3.61. The standard InChI is InChI=1S/C17H28N2O4S/c1-3-5-6-7-13-18-17(20)12-14-19-24(21,22)16-10-8-15(9-11-16)23-4-2/h8-11,19H,3-7,12-14H2,1-2H3,(H,18,20). The van der Waals surface area contributed by atoms with Gasteiger partial charge in [0.2, 0.25) is 15.9 Å². The van der Waals surface area contributed by atoms with Gasteiger partial charge in [0, 0.05) is 19.5 Å². The quantitative estimate of drug-likeness (QED) is 0.564. The number of unbranched alkanes of at least 4 members (excludes halogenated alkanes) is 3. The van der Waals surface area contributed by atoms with Gasteiger partial charge in [0.25, 0.3) is 0 Å². The van der Waals surface area contributed by atoms with Crippen LogP contribution in [0.15, 0.2) is 29.2 Å². The summed E-state index contributed by atoms with van der Waals surface area (Å²) >= 11 is 0. The summed E-state index contributed by atoms with van der Waals surface area (Å²) in [6, 6.07) is 6.20. The Hall–Kier alpha value is -1.60. The van der Waals surface area contributed by atoms with Gasteiger partial charge < -0.3 is 10.1 Å². The van der Waals surface area contributed by atoms with Crippen LogP contribution in [0.5, 0.6) is 5.75 Å². The van der Waals surface area contributed by atoms with Gasteiger partial charge in [0.15, 0.2) is 0 Å². The lowest BCUT2D eigenvalue weighted by Gasteiger charge is -2.08. The molecule has 1 aromatic rings. The van der Waals surface area contributed by atoms with Crippen LogP contribution in [-0.2, 0) is 14.8 Å². The maximum absolute atomic E-state index is 12.1.